The molecule has 0 aliphatic carbocycles. The predicted octanol–water partition coefficient (Wildman–Crippen LogP) is 2.05. The van der Waals surface area contributed by atoms with Crippen LogP contribution in [0.4, 0.5) is 0 Å². The minimum absolute atomic E-state index is 0.0561. The fraction of sp³-hybridized carbons (Fsp3) is 0.583. The summed E-state index contributed by atoms with van der Waals surface area (Å²) in [6, 6.07) is 0. The van der Waals surface area contributed by atoms with E-state index in [1.165, 1.54) is 4.88 Å². The van der Waals surface area contributed by atoms with Crippen molar-refractivity contribution in [3.05, 3.63) is 21.4 Å². The fourth-order valence-corrected chi connectivity index (χ4v) is 2.30. The lowest BCUT2D eigenvalue weighted by Gasteiger charge is -2.09. The van der Waals surface area contributed by atoms with E-state index in [4.69, 9.17) is 0 Å². The van der Waals surface area contributed by atoms with Crippen LogP contribution in [0.2, 0.25) is 0 Å². The standard InChI is InChI=1S/C12H20N2OS/c1-9-10(2)16-8-11(9)12(15)13-6-5-7-14(3)4/h8H,5-7H2,1-4H3,(H,13,15). The Hall–Kier alpha value is -0.870. The second-order valence-electron chi connectivity index (χ2n) is 4.24. The highest BCUT2D eigenvalue weighted by molar-refractivity contribution is 7.10. The molecule has 0 spiro atoms. The van der Waals surface area contributed by atoms with Gasteiger partial charge in [0.25, 0.3) is 5.91 Å². The van der Waals surface area contributed by atoms with Gasteiger partial charge in [-0.1, -0.05) is 0 Å². The SMILES string of the molecule is Cc1scc(C(=O)NCCCN(C)C)c1C. The molecule has 1 aromatic rings. The van der Waals surface area contributed by atoms with Crippen molar-refractivity contribution in [3.8, 4) is 0 Å². The van der Waals surface area contributed by atoms with Gasteiger partial charge < -0.3 is 10.2 Å². The smallest absolute Gasteiger partial charge is 0.252 e. The molecule has 1 heterocycles. The van der Waals surface area contributed by atoms with E-state index < -0.39 is 0 Å². The number of nitrogens with one attached hydrogen (secondary N) is 1. The molecule has 1 N–H and O–H groups in total. The number of hydrogen-bond donors (Lipinski definition) is 1. The van der Waals surface area contributed by atoms with Gasteiger partial charge in [0.2, 0.25) is 0 Å². The minimum atomic E-state index is 0.0561. The summed E-state index contributed by atoms with van der Waals surface area (Å²) >= 11 is 1.63. The lowest BCUT2D eigenvalue weighted by molar-refractivity contribution is 0.0952. The van der Waals surface area contributed by atoms with E-state index in [-0.39, 0.29) is 5.91 Å². The molecular weight excluding hydrogens is 220 g/mol. The second-order valence-corrected chi connectivity index (χ2v) is 5.33. The van der Waals surface area contributed by atoms with Crippen molar-refractivity contribution in [2.45, 2.75) is 20.3 Å². The van der Waals surface area contributed by atoms with Gasteiger partial charge in [-0.3, -0.25) is 4.79 Å². The van der Waals surface area contributed by atoms with Gasteiger partial charge in [0.15, 0.2) is 0 Å². The van der Waals surface area contributed by atoms with Crippen molar-refractivity contribution >= 4 is 17.2 Å². The highest BCUT2D eigenvalue weighted by atomic mass is 32.1. The van der Waals surface area contributed by atoms with Gasteiger partial charge >= 0.3 is 0 Å². The summed E-state index contributed by atoms with van der Waals surface area (Å²) in [6.07, 6.45) is 0.987. The number of rotatable bonds is 5. The molecule has 4 heteroatoms. The molecule has 0 radical (unpaired) electrons. The summed E-state index contributed by atoms with van der Waals surface area (Å²) in [6.45, 7) is 5.79. The van der Waals surface area contributed by atoms with Crippen LogP contribution in [0.3, 0.4) is 0 Å². The molecule has 1 aromatic heterocycles. The van der Waals surface area contributed by atoms with Crippen LogP contribution in [-0.4, -0.2) is 38.0 Å². The number of hydrogen-bond acceptors (Lipinski definition) is 3. The van der Waals surface area contributed by atoms with E-state index in [0.29, 0.717) is 0 Å². The molecule has 90 valence electrons. The molecule has 0 saturated carbocycles. The molecule has 3 nitrogen and oxygen atoms in total. The maximum atomic E-state index is 11.8. The summed E-state index contributed by atoms with van der Waals surface area (Å²) in [4.78, 5) is 15.1. The average Bonchev–Trinajstić information content (AvgIpc) is 2.54. The largest absolute Gasteiger partial charge is 0.352 e. The highest BCUT2D eigenvalue weighted by Crippen LogP contribution is 2.20. The van der Waals surface area contributed by atoms with Crippen molar-refractivity contribution in [1.82, 2.24) is 10.2 Å². The van der Waals surface area contributed by atoms with Gasteiger partial charge in [0.05, 0.1) is 5.56 Å². The first-order chi connectivity index (χ1) is 7.52. The Kier molecular flexibility index (Phi) is 4.96. The Morgan fingerprint density at radius 2 is 2.12 bits per heavy atom. The quantitative estimate of drug-likeness (QED) is 0.799. The zero-order valence-corrected chi connectivity index (χ0v) is 11.3. The third kappa shape index (κ3) is 3.61. The maximum absolute atomic E-state index is 11.8. The highest BCUT2D eigenvalue weighted by Gasteiger charge is 2.11. The average molecular weight is 240 g/mol. The summed E-state index contributed by atoms with van der Waals surface area (Å²) in [7, 11) is 4.07. The van der Waals surface area contributed by atoms with Crippen molar-refractivity contribution in [2.24, 2.45) is 0 Å². The molecule has 16 heavy (non-hydrogen) atoms. The second kappa shape index (κ2) is 6.01. The van der Waals surface area contributed by atoms with Crippen molar-refractivity contribution in [3.63, 3.8) is 0 Å². The number of carbonyl (C=O) groups is 1. The van der Waals surface area contributed by atoms with Gasteiger partial charge in [0.1, 0.15) is 0 Å². The van der Waals surface area contributed by atoms with Crippen LogP contribution in [0.1, 0.15) is 27.2 Å². The predicted molar refractivity (Wildman–Crippen MR) is 69.3 cm³/mol. The van der Waals surface area contributed by atoms with Crippen LogP contribution in [0.25, 0.3) is 0 Å². The van der Waals surface area contributed by atoms with Crippen LogP contribution in [0, 0.1) is 13.8 Å². The Labute approximate surface area is 101 Å². The van der Waals surface area contributed by atoms with Crippen molar-refractivity contribution < 1.29 is 4.79 Å². The number of carbonyl (C=O) groups excluding carboxylic acids is 1. The molecule has 0 aliphatic heterocycles. The van der Waals surface area contributed by atoms with Gasteiger partial charge in [0, 0.05) is 16.8 Å². The summed E-state index contributed by atoms with van der Waals surface area (Å²) in [5, 5.41) is 4.89. The van der Waals surface area contributed by atoms with Crippen LogP contribution in [0.15, 0.2) is 5.38 Å². The van der Waals surface area contributed by atoms with E-state index in [9.17, 15) is 4.79 Å². The van der Waals surface area contributed by atoms with E-state index in [1.54, 1.807) is 11.3 Å². The molecule has 1 rings (SSSR count). The van der Waals surface area contributed by atoms with Gasteiger partial charge in [-0.25, -0.2) is 0 Å². The van der Waals surface area contributed by atoms with E-state index in [1.807, 2.05) is 33.3 Å². The number of thiophene rings is 1. The topological polar surface area (TPSA) is 32.3 Å². The molecule has 0 atom stereocenters. The Bertz CT molecular complexity index is 358. The van der Waals surface area contributed by atoms with Gasteiger partial charge in [-0.15, -0.1) is 11.3 Å². The van der Waals surface area contributed by atoms with E-state index in [2.05, 4.69) is 10.2 Å². The van der Waals surface area contributed by atoms with Crippen molar-refractivity contribution in [1.29, 1.82) is 0 Å². The zero-order valence-electron chi connectivity index (χ0n) is 10.5. The zero-order chi connectivity index (χ0) is 12.1. The number of nitrogens with zero attached hydrogens (tertiary/aromatic N) is 1. The van der Waals surface area contributed by atoms with Crippen LogP contribution in [0.5, 0.6) is 0 Å². The molecule has 0 aromatic carbocycles. The number of amides is 1. The van der Waals surface area contributed by atoms with Crippen LogP contribution < -0.4 is 5.32 Å². The molecule has 0 saturated heterocycles. The van der Waals surface area contributed by atoms with Crippen LogP contribution >= 0.6 is 11.3 Å². The first kappa shape index (κ1) is 13.2. The fourth-order valence-electron chi connectivity index (χ4n) is 1.43. The maximum Gasteiger partial charge on any atom is 0.252 e. The van der Waals surface area contributed by atoms with E-state index in [0.717, 1.165) is 30.6 Å². The molecule has 0 bridgehead atoms. The third-order valence-corrected chi connectivity index (χ3v) is 3.61. The summed E-state index contributed by atoms with van der Waals surface area (Å²) in [5.41, 5.74) is 1.93. The van der Waals surface area contributed by atoms with Crippen molar-refractivity contribution in [2.75, 3.05) is 27.2 Å². The lowest BCUT2D eigenvalue weighted by atomic mass is 10.1. The van der Waals surface area contributed by atoms with Gasteiger partial charge in [-0.2, -0.15) is 0 Å². The Morgan fingerprint density at radius 1 is 1.44 bits per heavy atom. The first-order valence-electron chi connectivity index (χ1n) is 5.50. The monoisotopic (exact) mass is 240 g/mol. The minimum Gasteiger partial charge on any atom is -0.352 e. The Morgan fingerprint density at radius 3 is 2.62 bits per heavy atom. The Balaban J connectivity index is 2.39. The molecular formula is C12H20N2OS. The molecule has 0 fully saturated rings. The molecule has 0 aliphatic rings. The van der Waals surface area contributed by atoms with Gasteiger partial charge in [-0.05, 0) is 46.5 Å². The van der Waals surface area contributed by atoms with Crippen LogP contribution in [-0.2, 0) is 0 Å². The third-order valence-electron chi connectivity index (χ3n) is 2.60. The summed E-state index contributed by atoms with van der Waals surface area (Å²) in [5.74, 6) is 0.0561. The number of aryl methyl sites for hydroxylation is 1. The lowest BCUT2D eigenvalue weighted by Crippen LogP contribution is -2.27. The normalized spacial score (nSPS) is 10.8. The first-order valence-corrected chi connectivity index (χ1v) is 6.38. The molecule has 1 amide bonds. The van der Waals surface area contributed by atoms with E-state index >= 15 is 0 Å². The summed E-state index contributed by atoms with van der Waals surface area (Å²) < 4.78 is 0. The molecule has 0 unspecified atom stereocenters.